The fourth-order valence-electron chi connectivity index (χ4n) is 4.32. The maximum absolute atomic E-state index is 12.2. The van der Waals surface area contributed by atoms with Crippen LogP contribution in [0.3, 0.4) is 0 Å². The molecule has 26 heavy (non-hydrogen) atoms. The Balaban J connectivity index is 2.10. The number of hydrogen-bond acceptors (Lipinski definition) is 5. The number of aliphatic carboxylic acids is 1. The molecule has 1 aromatic carbocycles. The van der Waals surface area contributed by atoms with E-state index in [0.29, 0.717) is 11.1 Å². The SMILES string of the molecule is CS(=O)(=O)C1=C(O)C23CC1(O)C=CC2=C(c1ccccc1)C=C3C(=O)O. The van der Waals surface area contributed by atoms with Gasteiger partial charge in [-0.2, -0.15) is 0 Å². The standard InChI is InChI=1S/C19H16O6S/c1-26(24,25)16-15(20)19-10-18(16,23)8-7-13(19)12(9-14(19)17(21)22)11-5-3-2-4-6-11/h2-9,20,23H,10H2,1H3,(H,21,22). The second-order valence-corrected chi connectivity index (χ2v) is 8.80. The number of aliphatic hydroxyl groups is 2. The lowest BCUT2D eigenvalue weighted by Gasteiger charge is -2.34. The van der Waals surface area contributed by atoms with Gasteiger partial charge in [0.25, 0.3) is 0 Å². The molecule has 0 saturated carbocycles. The van der Waals surface area contributed by atoms with Gasteiger partial charge >= 0.3 is 5.97 Å². The van der Waals surface area contributed by atoms with Crippen molar-refractivity contribution in [3.05, 3.63) is 75.9 Å². The Hall–Kier alpha value is -2.64. The first-order valence-corrected chi connectivity index (χ1v) is 9.82. The first kappa shape index (κ1) is 16.8. The maximum atomic E-state index is 12.2. The predicted octanol–water partition coefficient (Wildman–Crippen LogP) is 1.97. The normalized spacial score (nSPS) is 29.8. The molecule has 0 fully saturated rings. The average molecular weight is 372 g/mol. The highest BCUT2D eigenvalue weighted by molar-refractivity contribution is 7.94. The number of benzene rings is 1. The van der Waals surface area contributed by atoms with E-state index in [1.54, 1.807) is 24.3 Å². The molecule has 0 heterocycles. The number of allylic oxidation sites excluding steroid dienone is 4. The van der Waals surface area contributed by atoms with Crippen LogP contribution in [0.2, 0.25) is 0 Å². The summed E-state index contributed by atoms with van der Waals surface area (Å²) in [4.78, 5) is 11.4. The van der Waals surface area contributed by atoms with Crippen LogP contribution in [0, 0.1) is 5.41 Å². The van der Waals surface area contributed by atoms with Crippen LogP contribution in [0.1, 0.15) is 12.0 Å². The van der Waals surface area contributed by atoms with Crippen LogP contribution in [-0.2, 0) is 14.6 Å². The largest absolute Gasteiger partial charge is 0.510 e. The van der Waals surface area contributed by atoms with Crippen LogP contribution in [0.5, 0.6) is 0 Å². The zero-order valence-corrected chi connectivity index (χ0v) is 14.6. The van der Waals surface area contributed by atoms with Gasteiger partial charge in [0.15, 0.2) is 9.84 Å². The Bertz CT molecular complexity index is 1070. The van der Waals surface area contributed by atoms with E-state index in [4.69, 9.17) is 0 Å². The van der Waals surface area contributed by atoms with E-state index >= 15 is 0 Å². The number of aliphatic hydroxyl groups excluding tert-OH is 1. The molecule has 3 N–H and O–H groups in total. The molecule has 1 spiro atoms. The Morgan fingerprint density at radius 3 is 2.42 bits per heavy atom. The van der Waals surface area contributed by atoms with Crippen molar-refractivity contribution >= 4 is 21.4 Å². The number of hydrogen-bond donors (Lipinski definition) is 3. The average Bonchev–Trinajstić information content (AvgIpc) is 2.98. The first-order valence-electron chi connectivity index (χ1n) is 7.93. The molecule has 0 radical (unpaired) electrons. The fraction of sp³-hybridized carbons (Fsp3) is 0.211. The fourth-order valence-corrected chi connectivity index (χ4v) is 5.63. The van der Waals surface area contributed by atoms with Gasteiger partial charge in [0.2, 0.25) is 0 Å². The molecule has 0 amide bonds. The lowest BCUT2D eigenvalue weighted by atomic mass is 9.69. The van der Waals surface area contributed by atoms with Crippen LogP contribution in [-0.4, -0.2) is 41.6 Å². The molecular formula is C19H16O6S. The zero-order valence-electron chi connectivity index (χ0n) is 13.8. The second kappa shape index (κ2) is 4.96. The van der Waals surface area contributed by atoms with E-state index in [9.17, 15) is 28.5 Å². The predicted molar refractivity (Wildman–Crippen MR) is 94.7 cm³/mol. The van der Waals surface area contributed by atoms with Gasteiger partial charge in [0.1, 0.15) is 16.3 Å². The summed E-state index contributed by atoms with van der Waals surface area (Å²) in [5, 5.41) is 31.5. The monoisotopic (exact) mass is 372 g/mol. The molecule has 2 unspecified atom stereocenters. The molecule has 1 aromatic rings. The van der Waals surface area contributed by atoms with Gasteiger partial charge in [-0.05, 0) is 28.9 Å². The van der Waals surface area contributed by atoms with Crippen molar-refractivity contribution in [2.24, 2.45) is 5.41 Å². The van der Waals surface area contributed by atoms with Crippen molar-refractivity contribution in [3.63, 3.8) is 0 Å². The molecule has 0 aromatic heterocycles. The van der Waals surface area contributed by atoms with Gasteiger partial charge in [-0.1, -0.05) is 36.4 Å². The summed E-state index contributed by atoms with van der Waals surface area (Å²) in [5.41, 5.74) is -1.84. The topological polar surface area (TPSA) is 112 Å². The van der Waals surface area contributed by atoms with Crippen molar-refractivity contribution in [2.45, 2.75) is 12.0 Å². The van der Waals surface area contributed by atoms with Crippen molar-refractivity contribution in [1.82, 2.24) is 0 Å². The Kier molecular flexibility index (Phi) is 3.21. The minimum Gasteiger partial charge on any atom is -0.510 e. The molecule has 7 heteroatoms. The molecule has 3 aliphatic carbocycles. The van der Waals surface area contributed by atoms with Gasteiger partial charge in [-0.25, -0.2) is 13.2 Å². The maximum Gasteiger partial charge on any atom is 0.332 e. The van der Waals surface area contributed by atoms with Crippen LogP contribution < -0.4 is 0 Å². The number of rotatable bonds is 3. The number of carboxylic acids is 1. The van der Waals surface area contributed by atoms with Crippen molar-refractivity contribution in [2.75, 3.05) is 6.26 Å². The first-order chi connectivity index (χ1) is 12.1. The molecule has 4 rings (SSSR count). The van der Waals surface area contributed by atoms with Gasteiger partial charge in [-0.3, -0.25) is 0 Å². The molecule has 6 nitrogen and oxygen atoms in total. The molecule has 0 saturated heterocycles. The highest BCUT2D eigenvalue weighted by atomic mass is 32.2. The highest BCUT2D eigenvalue weighted by Crippen LogP contribution is 2.64. The summed E-state index contributed by atoms with van der Waals surface area (Å²) in [6.07, 6.45) is 4.93. The zero-order chi connectivity index (χ0) is 18.9. The van der Waals surface area contributed by atoms with Gasteiger partial charge in [-0.15, -0.1) is 0 Å². The Labute approximate surface area is 150 Å². The second-order valence-electron chi connectivity index (χ2n) is 6.85. The molecule has 3 aliphatic rings. The molecule has 0 aliphatic heterocycles. The molecule has 2 atom stereocenters. The minimum atomic E-state index is -3.95. The summed E-state index contributed by atoms with van der Waals surface area (Å²) < 4.78 is 24.4. The van der Waals surface area contributed by atoms with Crippen LogP contribution in [0.15, 0.2) is 70.4 Å². The highest BCUT2D eigenvalue weighted by Gasteiger charge is 2.64. The van der Waals surface area contributed by atoms with Crippen LogP contribution >= 0.6 is 0 Å². The number of fused-ring (bicyclic) bond motifs is 1. The summed E-state index contributed by atoms with van der Waals surface area (Å²) in [6, 6.07) is 9.04. The summed E-state index contributed by atoms with van der Waals surface area (Å²) in [5.74, 6) is -1.88. The van der Waals surface area contributed by atoms with Crippen LogP contribution in [0.25, 0.3) is 5.57 Å². The van der Waals surface area contributed by atoms with E-state index in [0.717, 1.165) is 11.8 Å². The van der Waals surface area contributed by atoms with E-state index in [-0.39, 0.29) is 12.0 Å². The molecular weight excluding hydrogens is 356 g/mol. The molecule has 134 valence electrons. The summed E-state index contributed by atoms with van der Waals surface area (Å²) in [6.45, 7) is 0. The third-order valence-corrected chi connectivity index (χ3v) is 6.55. The van der Waals surface area contributed by atoms with Crippen molar-refractivity contribution < 1.29 is 28.5 Å². The van der Waals surface area contributed by atoms with E-state index in [1.165, 1.54) is 18.2 Å². The third-order valence-electron chi connectivity index (χ3n) is 5.26. The number of carboxylic acid groups (broad SMARTS) is 1. The van der Waals surface area contributed by atoms with Gasteiger partial charge in [0, 0.05) is 12.7 Å². The number of carbonyl (C=O) groups is 1. The third kappa shape index (κ3) is 1.95. The summed E-state index contributed by atoms with van der Waals surface area (Å²) >= 11 is 0. The molecule has 2 bridgehead atoms. The number of sulfone groups is 1. The quantitative estimate of drug-likeness (QED) is 0.748. The van der Waals surface area contributed by atoms with E-state index in [1.807, 2.05) is 6.07 Å². The Morgan fingerprint density at radius 1 is 1.19 bits per heavy atom. The van der Waals surface area contributed by atoms with Crippen molar-refractivity contribution in [1.29, 1.82) is 0 Å². The lowest BCUT2D eigenvalue weighted by molar-refractivity contribution is -0.133. The van der Waals surface area contributed by atoms with Gasteiger partial charge in [0.05, 0.1) is 11.0 Å². The van der Waals surface area contributed by atoms with Crippen LogP contribution in [0.4, 0.5) is 0 Å². The Morgan fingerprint density at radius 2 is 1.85 bits per heavy atom. The van der Waals surface area contributed by atoms with E-state index in [2.05, 4.69) is 0 Å². The van der Waals surface area contributed by atoms with Crippen molar-refractivity contribution in [3.8, 4) is 0 Å². The smallest absolute Gasteiger partial charge is 0.332 e. The van der Waals surface area contributed by atoms with E-state index < -0.39 is 37.5 Å². The minimum absolute atomic E-state index is 0.148. The summed E-state index contributed by atoms with van der Waals surface area (Å²) in [7, 11) is -3.95. The van der Waals surface area contributed by atoms with Gasteiger partial charge < -0.3 is 15.3 Å². The lowest BCUT2D eigenvalue weighted by Crippen LogP contribution is -2.37.